The van der Waals surface area contributed by atoms with Gasteiger partial charge in [-0.2, -0.15) is 0 Å². The van der Waals surface area contributed by atoms with Crippen molar-refractivity contribution in [1.82, 2.24) is 0 Å². The maximum atomic E-state index is 12.9. The number of nitrogens with one attached hydrogen (secondary N) is 2. The van der Waals surface area contributed by atoms with E-state index in [0.29, 0.717) is 16.9 Å². The van der Waals surface area contributed by atoms with Crippen molar-refractivity contribution < 1.29 is 22.7 Å². The first-order chi connectivity index (χ1) is 16.1. The fraction of sp³-hybridized carbons (Fsp3) is 0.200. The first-order valence-electron chi connectivity index (χ1n) is 10.6. The highest BCUT2D eigenvalue weighted by Crippen LogP contribution is 2.22. The van der Waals surface area contributed by atoms with Gasteiger partial charge >= 0.3 is 6.09 Å². The molecule has 0 aliphatic rings. The second kappa shape index (κ2) is 10.4. The Hall–Kier alpha value is -3.85. The number of ether oxygens (including phenoxy) is 1. The highest BCUT2D eigenvalue weighted by molar-refractivity contribution is 7.92. The van der Waals surface area contributed by atoms with Crippen LogP contribution in [0.3, 0.4) is 0 Å². The molecule has 8 nitrogen and oxygen atoms in total. The van der Waals surface area contributed by atoms with Crippen LogP contribution in [0.5, 0.6) is 0 Å². The Bertz CT molecular complexity index is 1300. The van der Waals surface area contributed by atoms with E-state index in [2.05, 4.69) is 10.0 Å². The first-order valence-corrected chi connectivity index (χ1v) is 12.1. The second-order valence-electron chi connectivity index (χ2n) is 7.71. The van der Waals surface area contributed by atoms with E-state index in [9.17, 15) is 18.0 Å². The van der Waals surface area contributed by atoms with Crippen molar-refractivity contribution in [2.45, 2.75) is 25.7 Å². The van der Waals surface area contributed by atoms with E-state index >= 15 is 0 Å². The summed E-state index contributed by atoms with van der Waals surface area (Å²) >= 11 is 0. The average molecular weight is 482 g/mol. The molecule has 9 heteroatoms. The number of hydrogen-bond donors (Lipinski definition) is 2. The second-order valence-corrected chi connectivity index (χ2v) is 9.37. The molecule has 0 saturated carbocycles. The molecule has 34 heavy (non-hydrogen) atoms. The van der Waals surface area contributed by atoms with Crippen LogP contribution in [0.4, 0.5) is 21.9 Å². The Kier molecular flexibility index (Phi) is 7.57. The van der Waals surface area contributed by atoms with Crippen molar-refractivity contribution >= 4 is 39.1 Å². The molecule has 2 N–H and O–H groups in total. The zero-order chi connectivity index (χ0) is 24.9. The first kappa shape index (κ1) is 24.8. The molecule has 0 aliphatic heterocycles. The van der Waals surface area contributed by atoms with E-state index in [1.807, 2.05) is 13.0 Å². The van der Waals surface area contributed by atoms with Gasteiger partial charge in [0.25, 0.3) is 15.9 Å². The Morgan fingerprint density at radius 2 is 1.65 bits per heavy atom. The van der Waals surface area contributed by atoms with Gasteiger partial charge in [0.05, 0.1) is 11.5 Å². The minimum Gasteiger partial charge on any atom is -0.449 e. The normalized spacial score (nSPS) is 10.9. The molecule has 0 saturated heterocycles. The summed E-state index contributed by atoms with van der Waals surface area (Å²) in [5.41, 5.74) is 3.16. The van der Waals surface area contributed by atoms with Crippen molar-refractivity contribution in [2.75, 3.05) is 28.6 Å². The summed E-state index contributed by atoms with van der Waals surface area (Å²) < 4.78 is 33.3. The van der Waals surface area contributed by atoms with Gasteiger partial charge in [0.1, 0.15) is 0 Å². The minimum atomic E-state index is -3.82. The molecule has 2 amide bonds. The van der Waals surface area contributed by atoms with Gasteiger partial charge in [-0.1, -0.05) is 18.2 Å². The fourth-order valence-corrected chi connectivity index (χ4v) is 4.61. The highest BCUT2D eigenvalue weighted by atomic mass is 32.2. The van der Waals surface area contributed by atoms with E-state index in [1.165, 1.54) is 11.0 Å². The van der Waals surface area contributed by atoms with Gasteiger partial charge in [-0.15, -0.1) is 0 Å². The Morgan fingerprint density at radius 3 is 2.32 bits per heavy atom. The quantitative estimate of drug-likeness (QED) is 0.497. The number of rotatable bonds is 7. The van der Waals surface area contributed by atoms with E-state index in [1.54, 1.807) is 75.5 Å². The SMILES string of the molecule is CCOC(=O)N(C)c1ccc(NC(=O)c2cccc(NS(=O)(=O)c3cc(C)ccc3C)c2)cc1. The summed E-state index contributed by atoms with van der Waals surface area (Å²) in [5.74, 6) is -0.403. The van der Waals surface area contributed by atoms with Crippen molar-refractivity contribution in [2.24, 2.45) is 0 Å². The van der Waals surface area contributed by atoms with Gasteiger partial charge in [-0.25, -0.2) is 13.2 Å². The van der Waals surface area contributed by atoms with Crippen LogP contribution < -0.4 is 14.9 Å². The lowest BCUT2D eigenvalue weighted by Gasteiger charge is -2.17. The average Bonchev–Trinajstić information content (AvgIpc) is 2.80. The van der Waals surface area contributed by atoms with Gasteiger partial charge in [-0.3, -0.25) is 14.4 Å². The minimum absolute atomic E-state index is 0.190. The Morgan fingerprint density at radius 1 is 0.941 bits per heavy atom. The zero-order valence-electron chi connectivity index (χ0n) is 19.5. The predicted octanol–water partition coefficient (Wildman–Crippen LogP) is 4.95. The molecule has 0 unspecified atom stereocenters. The molecule has 178 valence electrons. The van der Waals surface area contributed by atoms with Gasteiger partial charge in [0.2, 0.25) is 0 Å². The fourth-order valence-electron chi connectivity index (χ4n) is 3.23. The Balaban J connectivity index is 1.72. The van der Waals surface area contributed by atoms with Crippen molar-refractivity contribution in [3.63, 3.8) is 0 Å². The van der Waals surface area contributed by atoms with E-state index in [4.69, 9.17) is 4.74 Å². The number of hydrogen-bond acceptors (Lipinski definition) is 5. The summed E-state index contributed by atoms with van der Waals surface area (Å²) in [7, 11) is -2.22. The number of carbonyl (C=O) groups excluding carboxylic acids is 2. The molecule has 0 fully saturated rings. The zero-order valence-corrected chi connectivity index (χ0v) is 20.3. The lowest BCUT2D eigenvalue weighted by molar-refractivity contribution is 0.102. The van der Waals surface area contributed by atoms with Gasteiger partial charge in [0.15, 0.2) is 0 Å². The van der Waals surface area contributed by atoms with Crippen LogP contribution in [0.25, 0.3) is 0 Å². The van der Waals surface area contributed by atoms with Crippen LogP contribution in [0.15, 0.2) is 71.6 Å². The van der Waals surface area contributed by atoms with E-state index < -0.39 is 22.0 Å². The van der Waals surface area contributed by atoms with Crippen molar-refractivity contribution in [3.8, 4) is 0 Å². The summed E-state index contributed by atoms with van der Waals surface area (Å²) in [6, 6.07) is 18.2. The number of sulfonamides is 1. The monoisotopic (exact) mass is 481 g/mol. The lowest BCUT2D eigenvalue weighted by Crippen LogP contribution is -2.26. The summed E-state index contributed by atoms with van der Waals surface area (Å²) in [5, 5.41) is 2.77. The molecule has 0 heterocycles. The molecule has 0 aromatic heterocycles. The topological polar surface area (TPSA) is 105 Å². The highest BCUT2D eigenvalue weighted by Gasteiger charge is 2.18. The summed E-state index contributed by atoms with van der Waals surface area (Å²) in [6.45, 7) is 5.56. The number of carbonyl (C=O) groups is 2. The van der Waals surface area contributed by atoms with Gasteiger partial charge < -0.3 is 10.1 Å². The predicted molar refractivity (Wildman–Crippen MR) is 133 cm³/mol. The molecule has 3 aromatic rings. The summed E-state index contributed by atoms with van der Waals surface area (Å²) in [6.07, 6.45) is -0.473. The third-order valence-electron chi connectivity index (χ3n) is 5.06. The van der Waals surface area contributed by atoms with Crippen LogP contribution in [-0.2, 0) is 14.8 Å². The summed E-state index contributed by atoms with van der Waals surface area (Å²) in [4.78, 5) is 26.1. The van der Waals surface area contributed by atoms with Gasteiger partial charge in [0, 0.05) is 29.7 Å². The van der Waals surface area contributed by atoms with Crippen LogP contribution in [-0.4, -0.2) is 34.1 Å². The number of nitrogens with zero attached hydrogens (tertiary/aromatic N) is 1. The van der Waals surface area contributed by atoms with E-state index in [-0.39, 0.29) is 22.8 Å². The molecule has 0 spiro atoms. The van der Waals surface area contributed by atoms with Crippen LogP contribution >= 0.6 is 0 Å². The largest absolute Gasteiger partial charge is 0.449 e. The van der Waals surface area contributed by atoms with Crippen molar-refractivity contribution in [1.29, 1.82) is 0 Å². The molecule has 0 bridgehead atoms. The van der Waals surface area contributed by atoms with Crippen LogP contribution in [0.2, 0.25) is 0 Å². The molecular weight excluding hydrogens is 454 g/mol. The standard InChI is InChI=1S/C25H27N3O5S/c1-5-33-25(30)28(4)22-13-11-20(12-14-22)26-24(29)19-7-6-8-21(16-19)27-34(31,32)23-15-17(2)9-10-18(23)3/h6-16,27H,5H2,1-4H3,(H,26,29). The molecule has 0 atom stereocenters. The third kappa shape index (κ3) is 5.93. The number of benzene rings is 3. The molecule has 3 aromatic carbocycles. The maximum absolute atomic E-state index is 12.9. The number of amides is 2. The maximum Gasteiger partial charge on any atom is 0.413 e. The number of anilines is 3. The molecule has 0 radical (unpaired) electrons. The number of aryl methyl sites for hydroxylation is 2. The molecular formula is C25H27N3O5S. The molecule has 3 rings (SSSR count). The van der Waals surface area contributed by atoms with E-state index in [0.717, 1.165) is 5.56 Å². The van der Waals surface area contributed by atoms with Gasteiger partial charge in [-0.05, 0) is 80.4 Å². The van der Waals surface area contributed by atoms with Crippen LogP contribution in [0.1, 0.15) is 28.4 Å². The third-order valence-corrected chi connectivity index (χ3v) is 6.59. The Labute approximate surface area is 199 Å². The van der Waals surface area contributed by atoms with Crippen LogP contribution in [0, 0.1) is 13.8 Å². The lowest BCUT2D eigenvalue weighted by atomic mass is 10.2. The van der Waals surface area contributed by atoms with Crippen molar-refractivity contribution in [3.05, 3.63) is 83.4 Å². The smallest absolute Gasteiger partial charge is 0.413 e. The molecule has 0 aliphatic carbocycles.